The molecule has 1 rings (SSSR count). The van der Waals surface area contributed by atoms with Crippen molar-refractivity contribution in [1.29, 1.82) is 0 Å². The van der Waals surface area contributed by atoms with Gasteiger partial charge in [0.15, 0.2) is 5.60 Å². The van der Waals surface area contributed by atoms with Crippen molar-refractivity contribution in [2.75, 3.05) is 0 Å². The van der Waals surface area contributed by atoms with Crippen LogP contribution in [0.1, 0.15) is 4.88 Å². The van der Waals surface area contributed by atoms with E-state index in [1.807, 2.05) is 11.4 Å². The molecule has 1 aromatic rings. The van der Waals surface area contributed by atoms with E-state index in [2.05, 4.69) is 12.5 Å². The second-order valence-corrected chi connectivity index (χ2v) is 3.04. The number of aliphatic hydroxyl groups is 1. The smallest absolute Gasteiger partial charge is 0.178 e. The van der Waals surface area contributed by atoms with E-state index < -0.39 is 5.60 Å². The molecule has 0 saturated heterocycles. The van der Waals surface area contributed by atoms with Crippen LogP contribution < -0.4 is 0 Å². The molecule has 1 unspecified atom stereocenters. The molecular formula is C9H8OS. The summed E-state index contributed by atoms with van der Waals surface area (Å²) in [6, 6.07) is 3.62. The quantitative estimate of drug-likeness (QED) is 0.521. The molecule has 56 valence electrons. The van der Waals surface area contributed by atoms with Gasteiger partial charge in [-0.05, 0) is 17.5 Å². The van der Waals surface area contributed by atoms with Crippen LogP contribution in [0.5, 0.6) is 0 Å². The maximum atomic E-state index is 9.65. The van der Waals surface area contributed by atoms with E-state index in [0.29, 0.717) is 0 Å². The molecule has 1 aromatic heterocycles. The van der Waals surface area contributed by atoms with Crippen LogP contribution in [0.4, 0.5) is 0 Å². The molecule has 0 bridgehead atoms. The van der Waals surface area contributed by atoms with Gasteiger partial charge in [-0.15, -0.1) is 17.8 Å². The Labute approximate surface area is 70.0 Å². The lowest BCUT2D eigenvalue weighted by Gasteiger charge is -2.14. The van der Waals surface area contributed by atoms with E-state index in [1.165, 1.54) is 17.4 Å². The van der Waals surface area contributed by atoms with Crippen molar-refractivity contribution in [2.45, 2.75) is 5.60 Å². The van der Waals surface area contributed by atoms with Crippen LogP contribution in [0.3, 0.4) is 0 Å². The highest BCUT2D eigenvalue weighted by Crippen LogP contribution is 2.25. The molecule has 0 aromatic carbocycles. The van der Waals surface area contributed by atoms with Crippen LogP contribution in [-0.2, 0) is 5.60 Å². The third-order valence-electron chi connectivity index (χ3n) is 1.41. The SMILES string of the molecule is C#CC(O)(C=C)c1cccs1. The second kappa shape index (κ2) is 2.91. The van der Waals surface area contributed by atoms with E-state index >= 15 is 0 Å². The average molecular weight is 164 g/mol. The topological polar surface area (TPSA) is 20.2 Å². The van der Waals surface area contributed by atoms with Gasteiger partial charge in [0.05, 0.1) is 4.88 Å². The fourth-order valence-electron chi connectivity index (χ4n) is 0.726. The van der Waals surface area contributed by atoms with Crippen LogP contribution in [0.15, 0.2) is 30.2 Å². The van der Waals surface area contributed by atoms with Gasteiger partial charge in [-0.3, -0.25) is 0 Å². The largest absolute Gasteiger partial charge is 0.369 e. The molecule has 1 heterocycles. The third kappa shape index (κ3) is 1.35. The molecule has 1 atom stereocenters. The van der Waals surface area contributed by atoms with E-state index in [-0.39, 0.29) is 0 Å². The van der Waals surface area contributed by atoms with Crippen molar-refractivity contribution in [3.05, 3.63) is 35.0 Å². The van der Waals surface area contributed by atoms with Crippen molar-refractivity contribution in [1.82, 2.24) is 0 Å². The van der Waals surface area contributed by atoms with Crippen molar-refractivity contribution >= 4 is 11.3 Å². The first kappa shape index (κ1) is 8.06. The Hall–Kier alpha value is -1.04. The minimum Gasteiger partial charge on any atom is -0.369 e. The van der Waals surface area contributed by atoms with E-state index in [0.717, 1.165) is 4.88 Å². The fourth-order valence-corrected chi connectivity index (χ4v) is 1.51. The summed E-state index contributed by atoms with van der Waals surface area (Å²) in [4.78, 5) is 0.731. The highest BCUT2D eigenvalue weighted by atomic mass is 32.1. The predicted molar refractivity (Wildman–Crippen MR) is 47.2 cm³/mol. The van der Waals surface area contributed by atoms with E-state index in [4.69, 9.17) is 6.42 Å². The lowest BCUT2D eigenvalue weighted by molar-refractivity contribution is 0.158. The molecule has 0 spiro atoms. The fraction of sp³-hybridized carbons (Fsp3) is 0.111. The van der Waals surface area contributed by atoms with E-state index in [9.17, 15) is 5.11 Å². The standard InChI is InChI=1S/C9H8OS/c1-3-9(10,4-2)8-6-5-7-11-8/h1,4-7,10H,2H2. The van der Waals surface area contributed by atoms with Crippen LogP contribution in [-0.4, -0.2) is 5.11 Å². The number of terminal acetylenes is 1. The van der Waals surface area contributed by atoms with Gasteiger partial charge in [-0.1, -0.05) is 18.6 Å². The summed E-state index contributed by atoms with van der Waals surface area (Å²) in [5.41, 5.74) is -1.28. The maximum absolute atomic E-state index is 9.65. The number of rotatable bonds is 2. The first-order valence-electron chi connectivity index (χ1n) is 3.10. The molecule has 0 aliphatic rings. The molecule has 1 N–H and O–H groups in total. The molecular weight excluding hydrogens is 156 g/mol. The molecule has 0 saturated carbocycles. The summed E-state index contributed by atoms with van der Waals surface area (Å²) in [6.45, 7) is 3.47. The highest BCUT2D eigenvalue weighted by molar-refractivity contribution is 7.10. The zero-order valence-corrected chi connectivity index (χ0v) is 6.77. The molecule has 0 radical (unpaired) electrons. The predicted octanol–water partition coefficient (Wildman–Crippen LogP) is 1.75. The number of hydrogen-bond donors (Lipinski definition) is 1. The summed E-state index contributed by atoms with van der Waals surface area (Å²) < 4.78 is 0. The van der Waals surface area contributed by atoms with Crippen LogP contribution in [0, 0.1) is 12.3 Å². The monoisotopic (exact) mass is 164 g/mol. The third-order valence-corrected chi connectivity index (χ3v) is 2.41. The van der Waals surface area contributed by atoms with Gasteiger partial charge >= 0.3 is 0 Å². The van der Waals surface area contributed by atoms with Gasteiger partial charge in [0.25, 0.3) is 0 Å². The van der Waals surface area contributed by atoms with Crippen molar-refractivity contribution in [2.24, 2.45) is 0 Å². The Balaban J connectivity index is 3.09. The Kier molecular flexibility index (Phi) is 2.13. The van der Waals surface area contributed by atoms with Crippen molar-refractivity contribution in [3.8, 4) is 12.3 Å². The van der Waals surface area contributed by atoms with Crippen LogP contribution >= 0.6 is 11.3 Å². The summed E-state index contributed by atoms with van der Waals surface area (Å²) in [5.74, 6) is 2.28. The lowest BCUT2D eigenvalue weighted by atomic mass is 10.0. The Bertz CT molecular complexity index is 281. The Morgan fingerprint density at radius 1 is 1.82 bits per heavy atom. The highest BCUT2D eigenvalue weighted by Gasteiger charge is 2.22. The van der Waals surface area contributed by atoms with Crippen molar-refractivity contribution < 1.29 is 5.11 Å². The zero-order chi connectivity index (χ0) is 8.32. The molecule has 2 heteroatoms. The van der Waals surface area contributed by atoms with Gasteiger partial charge < -0.3 is 5.11 Å². The molecule has 0 fully saturated rings. The minimum absolute atomic E-state index is 0.731. The first-order valence-corrected chi connectivity index (χ1v) is 3.98. The van der Waals surface area contributed by atoms with Crippen LogP contribution in [0.25, 0.3) is 0 Å². The number of hydrogen-bond acceptors (Lipinski definition) is 2. The van der Waals surface area contributed by atoms with Crippen LogP contribution in [0.2, 0.25) is 0 Å². The van der Waals surface area contributed by atoms with E-state index in [1.54, 1.807) is 6.07 Å². The normalized spacial score (nSPS) is 14.9. The lowest BCUT2D eigenvalue weighted by Crippen LogP contribution is -2.17. The van der Waals surface area contributed by atoms with Gasteiger partial charge in [0.1, 0.15) is 0 Å². The molecule has 0 amide bonds. The summed E-state index contributed by atoms with van der Waals surface area (Å²) in [5, 5.41) is 11.5. The Morgan fingerprint density at radius 3 is 2.91 bits per heavy atom. The van der Waals surface area contributed by atoms with Crippen molar-refractivity contribution in [3.63, 3.8) is 0 Å². The molecule has 0 aliphatic heterocycles. The average Bonchev–Trinajstić information content (AvgIpc) is 2.55. The minimum atomic E-state index is -1.28. The molecule has 0 aliphatic carbocycles. The maximum Gasteiger partial charge on any atom is 0.178 e. The zero-order valence-electron chi connectivity index (χ0n) is 5.95. The summed E-state index contributed by atoms with van der Waals surface area (Å²) in [7, 11) is 0. The summed E-state index contributed by atoms with van der Waals surface area (Å²) >= 11 is 1.42. The van der Waals surface area contributed by atoms with Gasteiger partial charge in [0.2, 0.25) is 0 Å². The Morgan fingerprint density at radius 2 is 2.55 bits per heavy atom. The first-order chi connectivity index (χ1) is 5.23. The van der Waals surface area contributed by atoms with Gasteiger partial charge in [-0.25, -0.2) is 0 Å². The summed E-state index contributed by atoms with van der Waals surface area (Å²) in [6.07, 6.45) is 6.50. The number of thiophene rings is 1. The molecule has 11 heavy (non-hydrogen) atoms. The second-order valence-electron chi connectivity index (χ2n) is 2.09. The van der Waals surface area contributed by atoms with Gasteiger partial charge in [-0.2, -0.15) is 0 Å². The molecule has 1 nitrogen and oxygen atoms in total. The van der Waals surface area contributed by atoms with Gasteiger partial charge in [0, 0.05) is 0 Å².